The Morgan fingerprint density at radius 2 is 1.42 bits per heavy atom. The van der Waals surface area contributed by atoms with Gasteiger partial charge in [0.2, 0.25) is 0 Å². The summed E-state index contributed by atoms with van der Waals surface area (Å²) >= 11 is 0. The molecule has 156 valence electrons. The van der Waals surface area contributed by atoms with Crippen molar-refractivity contribution >= 4 is 27.5 Å². The minimum Gasteiger partial charge on any atom is -0.456 e. The molecule has 1 heterocycles. The van der Waals surface area contributed by atoms with E-state index >= 15 is 0 Å². The molecule has 0 radical (unpaired) electrons. The van der Waals surface area contributed by atoms with Crippen molar-refractivity contribution in [3.8, 4) is 11.1 Å². The van der Waals surface area contributed by atoms with Gasteiger partial charge in [0, 0.05) is 10.8 Å². The predicted molar refractivity (Wildman–Crippen MR) is 135 cm³/mol. The SMILES string of the molecule is CC1C=CC2=C(C1)C1(c3ccccc32)c2ccccc2-c2cc3c(cc21)oc1ccccc13. The van der Waals surface area contributed by atoms with E-state index < -0.39 is 0 Å². The number of fused-ring (bicyclic) bond motifs is 12. The van der Waals surface area contributed by atoms with Crippen LogP contribution in [0.4, 0.5) is 0 Å². The molecule has 33 heavy (non-hydrogen) atoms. The maximum atomic E-state index is 6.39. The Hall–Kier alpha value is -3.84. The quantitative estimate of drug-likeness (QED) is 0.245. The molecule has 0 fully saturated rings. The summed E-state index contributed by atoms with van der Waals surface area (Å²) in [7, 11) is 0. The summed E-state index contributed by atoms with van der Waals surface area (Å²) < 4.78 is 6.39. The summed E-state index contributed by atoms with van der Waals surface area (Å²) in [4.78, 5) is 0. The van der Waals surface area contributed by atoms with E-state index in [0.29, 0.717) is 5.92 Å². The summed E-state index contributed by atoms with van der Waals surface area (Å²) in [5.74, 6) is 0.529. The van der Waals surface area contributed by atoms with Crippen LogP contribution in [0.1, 0.15) is 35.6 Å². The monoisotopic (exact) mass is 422 g/mol. The number of allylic oxidation sites excluding steroid dienone is 4. The van der Waals surface area contributed by atoms with Gasteiger partial charge in [0.15, 0.2) is 0 Å². The minimum absolute atomic E-state index is 0.246. The Balaban J connectivity index is 1.57. The van der Waals surface area contributed by atoms with Gasteiger partial charge in [0.1, 0.15) is 11.2 Å². The van der Waals surface area contributed by atoms with Gasteiger partial charge in [-0.05, 0) is 75.1 Å². The molecule has 3 aliphatic rings. The molecule has 4 aromatic carbocycles. The molecule has 0 saturated carbocycles. The van der Waals surface area contributed by atoms with E-state index in [1.807, 2.05) is 0 Å². The molecule has 2 unspecified atom stereocenters. The third-order valence-corrected chi connectivity index (χ3v) is 8.06. The highest BCUT2D eigenvalue weighted by atomic mass is 16.3. The fourth-order valence-corrected chi connectivity index (χ4v) is 6.79. The molecule has 0 bridgehead atoms. The lowest BCUT2D eigenvalue weighted by Crippen LogP contribution is -2.28. The van der Waals surface area contributed by atoms with Crippen LogP contribution < -0.4 is 0 Å². The second-order valence-corrected chi connectivity index (χ2v) is 9.77. The zero-order chi connectivity index (χ0) is 21.7. The fraction of sp³-hybridized carbons (Fsp3) is 0.125. The van der Waals surface area contributed by atoms with E-state index in [4.69, 9.17) is 4.42 Å². The van der Waals surface area contributed by atoms with Crippen LogP contribution in [-0.4, -0.2) is 0 Å². The number of para-hydroxylation sites is 1. The maximum Gasteiger partial charge on any atom is 0.135 e. The first-order valence-corrected chi connectivity index (χ1v) is 11.8. The van der Waals surface area contributed by atoms with Crippen LogP contribution in [0.3, 0.4) is 0 Å². The van der Waals surface area contributed by atoms with Crippen molar-refractivity contribution in [2.24, 2.45) is 5.92 Å². The van der Waals surface area contributed by atoms with Crippen molar-refractivity contribution in [3.05, 3.63) is 125 Å². The molecule has 8 rings (SSSR count). The molecular weight excluding hydrogens is 400 g/mol. The number of hydrogen-bond donors (Lipinski definition) is 0. The topological polar surface area (TPSA) is 13.1 Å². The van der Waals surface area contributed by atoms with Crippen LogP contribution in [0.15, 0.2) is 107 Å². The zero-order valence-electron chi connectivity index (χ0n) is 18.4. The van der Waals surface area contributed by atoms with E-state index in [0.717, 1.165) is 17.6 Å². The van der Waals surface area contributed by atoms with E-state index in [-0.39, 0.29) is 5.41 Å². The van der Waals surface area contributed by atoms with Crippen LogP contribution in [-0.2, 0) is 5.41 Å². The maximum absolute atomic E-state index is 6.39. The van der Waals surface area contributed by atoms with Crippen LogP contribution in [0.25, 0.3) is 38.6 Å². The molecular formula is C32H22O. The summed E-state index contributed by atoms with van der Waals surface area (Å²) in [6, 6.07) is 31.2. The lowest BCUT2D eigenvalue weighted by Gasteiger charge is -2.34. The molecule has 0 amide bonds. The van der Waals surface area contributed by atoms with Crippen molar-refractivity contribution in [1.29, 1.82) is 0 Å². The van der Waals surface area contributed by atoms with Crippen LogP contribution >= 0.6 is 0 Å². The van der Waals surface area contributed by atoms with Crippen molar-refractivity contribution < 1.29 is 4.42 Å². The fourth-order valence-electron chi connectivity index (χ4n) is 6.79. The first-order valence-electron chi connectivity index (χ1n) is 11.8. The number of benzene rings is 4. The van der Waals surface area contributed by atoms with Crippen LogP contribution in [0, 0.1) is 5.92 Å². The molecule has 5 aromatic rings. The molecule has 1 heteroatoms. The van der Waals surface area contributed by atoms with Crippen molar-refractivity contribution in [2.75, 3.05) is 0 Å². The number of rotatable bonds is 0. The van der Waals surface area contributed by atoms with Gasteiger partial charge in [-0.3, -0.25) is 0 Å². The van der Waals surface area contributed by atoms with Crippen LogP contribution in [0.2, 0.25) is 0 Å². The molecule has 1 spiro atoms. The normalized spacial score (nSPS) is 22.2. The highest BCUT2D eigenvalue weighted by Crippen LogP contribution is 2.64. The first-order chi connectivity index (χ1) is 16.3. The molecule has 0 N–H and O–H groups in total. The molecule has 2 atom stereocenters. The summed E-state index contributed by atoms with van der Waals surface area (Å²) in [5.41, 5.74) is 12.9. The highest BCUT2D eigenvalue weighted by molar-refractivity contribution is 6.09. The lowest BCUT2D eigenvalue weighted by atomic mass is 9.67. The van der Waals surface area contributed by atoms with Gasteiger partial charge in [-0.2, -0.15) is 0 Å². The second-order valence-electron chi connectivity index (χ2n) is 9.77. The number of furan rings is 1. The van der Waals surface area contributed by atoms with Gasteiger partial charge < -0.3 is 4.42 Å². The smallest absolute Gasteiger partial charge is 0.135 e. The van der Waals surface area contributed by atoms with Crippen LogP contribution in [0.5, 0.6) is 0 Å². The van der Waals surface area contributed by atoms with E-state index in [9.17, 15) is 0 Å². The standard InChI is InChI=1S/C32H22O/c1-19-14-15-22-20-8-2-5-11-26(20)32(28(22)16-19)27-12-6-3-9-21(27)24-17-25-23-10-4-7-13-30(23)33-31(25)18-29(24)32/h2-15,17-19H,16H2,1H3. The minimum atomic E-state index is -0.246. The first kappa shape index (κ1) is 17.7. The van der Waals surface area contributed by atoms with Gasteiger partial charge in [-0.15, -0.1) is 0 Å². The summed E-state index contributed by atoms with van der Waals surface area (Å²) in [6.45, 7) is 2.33. The van der Waals surface area contributed by atoms with E-state index in [1.54, 1.807) is 5.57 Å². The zero-order valence-corrected chi connectivity index (χ0v) is 18.4. The average molecular weight is 423 g/mol. The Bertz CT molecular complexity index is 1710. The van der Waals surface area contributed by atoms with Crippen molar-refractivity contribution in [3.63, 3.8) is 0 Å². The van der Waals surface area contributed by atoms with E-state index in [1.165, 1.54) is 49.7 Å². The van der Waals surface area contributed by atoms with Gasteiger partial charge in [-0.25, -0.2) is 0 Å². The van der Waals surface area contributed by atoms with E-state index in [2.05, 4.69) is 104 Å². The Labute approximate surface area is 192 Å². The molecule has 0 aliphatic heterocycles. The summed E-state index contributed by atoms with van der Waals surface area (Å²) in [6.07, 6.45) is 5.82. The Morgan fingerprint density at radius 3 is 2.30 bits per heavy atom. The van der Waals surface area contributed by atoms with Gasteiger partial charge in [-0.1, -0.05) is 85.8 Å². The van der Waals surface area contributed by atoms with Crippen molar-refractivity contribution in [1.82, 2.24) is 0 Å². The average Bonchev–Trinajstić information content (AvgIpc) is 3.46. The Morgan fingerprint density at radius 1 is 0.697 bits per heavy atom. The third-order valence-electron chi connectivity index (χ3n) is 8.06. The largest absolute Gasteiger partial charge is 0.456 e. The predicted octanol–water partition coefficient (Wildman–Crippen LogP) is 8.26. The molecule has 1 aromatic heterocycles. The lowest BCUT2D eigenvalue weighted by molar-refractivity contribution is 0.628. The number of hydrogen-bond acceptors (Lipinski definition) is 1. The second kappa shape index (κ2) is 5.94. The highest BCUT2D eigenvalue weighted by Gasteiger charge is 2.53. The van der Waals surface area contributed by atoms with Crippen molar-refractivity contribution in [2.45, 2.75) is 18.8 Å². The third kappa shape index (κ3) is 2.00. The molecule has 1 nitrogen and oxygen atoms in total. The molecule has 3 aliphatic carbocycles. The van der Waals surface area contributed by atoms with Gasteiger partial charge in [0.05, 0.1) is 5.41 Å². The Kier molecular flexibility index (Phi) is 3.18. The van der Waals surface area contributed by atoms with Gasteiger partial charge >= 0.3 is 0 Å². The van der Waals surface area contributed by atoms with Gasteiger partial charge in [0.25, 0.3) is 0 Å². The molecule has 0 saturated heterocycles. The summed E-state index contributed by atoms with van der Waals surface area (Å²) in [5, 5.41) is 2.39.